The number of hydrogen-bond donors (Lipinski definition) is 2. The zero-order valence-electron chi connectivity index (χ0n) is 36.1. The molecule has 2 unspecified atom stereocenters. The highest BCUT2D eigenvalue weighted by Gasteiger charge is 2.62. The van der Waals surface area contributed by atoms with Crippen molar-refractivity contribution in [2.45, 2.75) is 101 Å². The Morgan fingerprint density at radius 1 is 1.00 bits per heavy atom. The van der Waals surface area contributed by atoms with Crippen LogP contribution in [0.25, 0.3) is 0 Å². The lowest BCUT2D eigenvalue weighted by Gasteiger charge is -2.62. The number of likely N-dealkylation sites (N-methyl/N-ethyl adjacent to an activating group) is 1. The molecule has 17 heteroatoms. The van der Waals surface area contributed by atoms with Gasteiger partial charge in [-0.05, 0) is 88.9 Å². The van der Waals surface area contributed by atoms with Crippen LogP contribution in [0, 0.1) is 25.2 Å². The molecule has 7 aliphatic rings. The maximum Gasteiger partial charge on any atom is 0.514 e. The van der Waals surface area contributed by atoms with E-state index >= 15 is 4.79 Å². The van der Waals surface area contributed by atoms with Crippen molar-refractivity contribution in [3.8, 4) is 46.3 Å². The first-order valence-corrected chi connectivity index (χ1v) is 21.7. The van der Waals surface area contributed by atoms with Crippen LogP contribution < -0.4 is 33.7 Å². The summed E-state index contributed by atoms with van der Waals surface area (Å²) < 4.78 is 47.6. The Bertz CT molecular complexity index is 2460. The minimum absolute atomic E-state index is 0.0238. The summed E-state index contributed by atoms with van der Waals surface area (Å²) in [6, 6.07) is 5.15. The predicted molar refractivity (Wildman–Crippen MR) is 223 cm³/mol. The van der Waals surface area contributed by atoms with E-state index < -0.39 is 58.7 Å². The number of carbonyl (C=O) groups excluding carboxylic acids is 3. The van der Waals surface area contributed by atoms with Crippen LogP contribution in [-0.2, 0) is 37.4 Å². The Morgan fingerprint density at radius 3 is 2.45 bits per heavy atom. The second-order valence-electron chi connectivity index (χ2n) is 17.6. The molecular formula is C45H50N4O12S. The molecular weight excluding hydrogens is 821 g/mol. The van der Waals surface area contributed by atoms with Crippen molar-refractivity contribution in [1.29, 1.82) is 5.26 Å². The van der Waals surface area contributed by atoms with Crippen LogP contribution in [0.3, 0.4) is 0 Å². The molecule has 7 heterocycles. The molecule has 1 spiro atoms. The molecule has 4 bridgehead atoms. The number of carbonyl (C=O) groups is 3. The van der Waals surface area contributed by atoms with Gasteiger partial charge in [0.25, 0.3) is 0 Å². The molecule has 2 fully saturated rings. The number of ether oxygens (including phenoxy) is 8. The molecule has 0 aromatic heterocycles. The fourth-order valence-corrected chi connectivity index (χ4v) is 12.3. The summed E-state index contributed by atoms with van der Waals surface area (Å²) in [4.78, 5) is 45.3. The van der Waals surface area contributed by atoms with Crippen LogP contribution in [0.5, 0.6) is 40.2 Å². The van der Waals surface area contributed by atoms with Crippen molar-refractivity contribution in [3.05, 3.63) is 62.7 Å². The third kappa shape index (κ3) is 6.31. The van der Waals surface area contributed by atoms with Gasteiger partial charge in [0.15, 0.2) is 40.0 Å². The van der Waals surface area contributed by atoms with Crippen molar-refractivity contribution in [2.75, 3.05) is 47.0 Å². The number of piperazine rings is 1. The third-order valence-electron chi connectivity index (χ3n) is 13.0. The van der Waals surface area contributed by atoms with E-state index in [9.17, 15) is 20.0 Å². The van der Waals surface area contributed by atoms with Crippen molar-refractivity contribution in [1.82, 2.24) is 15.1 Å². The first-order valence-electron chi connectivity index (χ1n) is 20.6. The molecule has 7 aliphatic heterocycles. The number of benzene rings is 3. The van der Waals surface area contributed by atoms with E-state index in [0.717, 1.165) is 16.7 Å². The Morgan fingerprint density at radius 2 is 1.76 bits per heavy atom. The number of rotatable bonds is 4. The lowest BCUT2D eigenvalue weighted by atomic mass is 9.71. The number of thioether (sulfide) groups is 1. The third-order valence-corrected chi connectivity index (χ3v) is 14.5. The second kappa shape index (κ2) is 15.1. The average molecular weight is 871 g/mol. The molecule has 0 saturated carbocycles. The average Bonchev–Trinajstić information content (AvgIpc) is 3.70. The van der Waals surface area contributed by atoms with Gasteiger partial charge in [-0.3, -0.25) is 19.9 Å². The predicted octanol–water partition coefficient (Wildman–Crippen LogP) is 5.60. The number of nitrogens with one attached hydrogen (secondary N) is 1. The monoisotopic (exact) mass is 870 g/mol. The van der Waals surface area contributed by atoms with E-state index in [1.54, 1.807) is 32.9 Å². The number of phenols is 1. The summed E-state index contributed by atoms with van der Waals surface area (Å²) >= 11 is 1.45. The standard InChI is InChI=1S/C45H50N4O12S/c1-20-12-24-13-26-27(16-46)49-28-17-56-42(52)45(25-15-29(54-8)30(14-23(25)10-11-47-45)60-43(53)61-44(4,5)6)18-62-41(35(49)34(48(26)7)31(24)36(51)37(20)55-9)33-32(28)40-39(57-19-58-40)21(2)38(33)59-22(3)50/h12,14-15,26-28,34-35,41,47,51H,10-11,13,17-19H2,1-9H3/t26?,27-,28-,34+,35?,41+,45+/m0/s1. The summed E-state index contributed by atoms with van der Waals surface area (Å²) in [5, 5.41) is 26.3. The number of esters is 2. The summed E-state index contributed by atoms with van der Waals surface area (Å²) in [5.74, 6) is 0.906. The molecule has 10 rings (SSSR count). The van der Waals surface area contributed by atoms with Crippen LogP contribution in [0.4, 0.5) is 4.79 Å². The topological polar surface area (TPSA) is 188 Å². The fraction of sp³-hybridized carbons (Fsp3) is 0.511. The minimum atomic E-state index is -1.45. The fourth-order valence-electron chi connectivity index (χ4n) is 10.6. The van der Waals surface area contributed by atoms with Gasteiger partial charge >= 0.3 is 18.1 Å². The maximum absolute atomic E-state index is 15.0. The smallest absolute Gasteiger partial charge is 0.504 e. The number of hydrogen-bond acceptors (Lipinski definition) is 17. The van der Waals surface area contributed by atoms with Gasteiger partial charge in [0, 0.05) is 53.6 Å². The van der Waals surface area contributed by atoms with Gasteiger partial charge in [0.1, 0.15) is 24.0 Å². The van der Waals surface area contributed by atoms with E-state index in [-0.39, 0.29) is 42.4 Å². The largest absolute Gasteiger partial charge is 0.514 e. The number of nitrogens with zero attached hydrogens (tertiary/aromatic N) is 3. The SMILES string of the molecule is COc1cc2c(cc1OC(=O)OC(C)(C)C)CCN[C@]21CS[C@@H]2c3c(OC(C)=O)c(C)c4c(c3[C@H](COC1=O)N1C2[C@H]2c3c(cc(C)c(OC)c3O)CC([C@@H]1C#N)N2C)OCO4. The highest BCUT2D eigenvalue weighted by Crippen LogP contribution is 2.64. The first kappa shape index (κ1) is 41.9. The molecule has 328 valence electrons. The van der Waals surface area contributed by atoms with E-state index in [2.05, 4.69) is 21.2 Å². The van der Waals surface area contributed by atoms with E-state index in [1.807, 2.05) is 27.0 Å². The Labute approximate surface area is 363 Å². The summed E-state index contributed by atoms with van der Waals surface area (Å²) in [5.41, 5.74) is 3.30. The van der Waals surface area contributed by atoms with Crippen LogP contribution in [0.15, 0.2) is 18.2 Å². The number of phenolic OH excluding ortho intramolecular Hbond substituents is 1. The normalized spacial score (nSPS) is 27.1. The van der Waals surface area contributed by atoms with Crippen molar-refractivity contribution in [3.63, 3.8) is 0 Å². The first-order chi connectivity index (χ1) is 29.5. The lowest BCUT2D eigenvalue weighted by Crippen LogP contribution is -2.69. The Hall–Kier alpha value is -5.41. The van der Waals surface area contributed by atoms with Gasteiger partial charge in [0.2, 0.25) is 6.79 Å². The van der Waals surface area contributed by atoms with Gasteiger partial charge < -0.3 is 43.0 Å². The van der Waals surface area contributed by atoms with Crippen LogP contribution in [0.1, 0.15) is 89.5 Å². The number of methoxy groups -OCH3 is 2. The molecule has 2 N–H and O–H groups in total. The second-order valence-corrected chi connectivity index (χ2v) is 18.8. The van der Waals surface area contributed by atoms with Crippen LogP contribution in [-0.4, -0.2) is 104 Å². The molecule has 0 amide bonds. The molecule has 7 atom stereocenters. The molecule has 0 radical (unpaired) electrons. The number of nitriles is 1. The summed E-state index contributed by atoms with van der Waals surface area (Å²) in [6.07, 6.45) is 0.0593. The van der Waals surface area contributed by atoms with Crippen molar-refractivity contribution >= 4 is 29.9 Å². The van der Waals surface area contributed by atoms with Gasteiger partial charge in [-0.1, -0.05) is 6.07 Å². The van der Waals surface area contributed by atoms with E-state index in [4.69, 9.17) is 37.9 Å². The van der Waals surface area contributed by atoms with Crippen LogP contribution in [0.2, 0.25) is 0 Å². The lowest BCUT2D eigenvalue weighted by molar-refractivity contribution is -0.157. The maximum atomic E-state index is 15.0. The highest BCUT2D eigenvalue weighted by molar-refractivity contribution is 7.99. The van der Waals surface area contributed by atoms with Crippen LogP contribution >= 0.6 is 11.8 Å². The quantitative estimate of drug-likeness (QED) is 0.187. The number of fused-ring (bicyclic) bond motifs is 9. The highest BCUT2D eigenvalue weighted by atomic mass is 32.2. The van der Waals surface area contributed by atoms with Gasteiger partial charge in [0.05, 0.1) is 37.6 Å². The number of aryl methyl sites for hydroxylation is 1. The molecule has 2 saturated heterocycles. The molecule has 16 nitrogen and oxygen atoms in total. The van der Waals surface area contributed by atoms with Gasteiger partial charge in [-0.25, -0.2) is 9.59 Å². The molecule has 3 aromatic rings. The minimum Gasteiger partial charge on any atom is -0.504 e. The van der Waals surface area contributed by atoms with Crippen molar-refractivity contribution in [2.24, 2.45) is 0 Å². The molecule has 0 aliphatic carbocycles. The molecule has 3 aromatic carbocycles. The summed E-state index contributed by atoms with van der Waals surface area (Å²) in [6.45, 7) is 10.3. The Balaban J connectivity index is 1.27. The Kier molecular flexibility index (Phi) is 10.2. The van der Waals surface area contributed by atoms with E-state index in [0.29, 0.717) is 70.2 Å². The van der Waals surface area contributed by atoms with E-state index in [1.165, 1.54) is 32.9 Å². The van der Waals surface area contributed by atoms with Gasteiger partial charge in [-0.2, -0.15) is 5.26 Å². The van der Waals surface area contributed by atoms with Gasteiger partial charge in [-0.15, -0.1) is 11.8 Å². The molecule has 62 heavy (non-hydrogen) atoms. The zero-order chi connectivity index (χ0) is 44.2. The number of aromatic hydroxyl groups is 1. The van der Waals surface area contributed by atoms with Crippen molar-refractivity contribution < 1.29 is 57.4 Å². The summed E-state index contributed by atoms with van der Waals surface area (Å²) in [7, 11) is 4.96. The zero-order valence-corrected chi connectivity index (χ0v) is 36.9.